The molecule has 9 heteroatoms. The molecule has 0 aromatic heterocycles. The van der Waals surface area contributed by atoms with Crippen LogP contribution in [0.25, 0.3) is 6.08 Å². The molecular weight excluding hydrogens is 429 g/mol. The largest absolute Gasteiger partial charge is 0.476 e. The summed E-state index contributed by atoms with van der Waals surface area (Å²) in [4.78, 5) is 38.4. The van der Waals surface area contributed by atoms with E-state index in [-0.39, 0.29) is 28.0 Å². The predicted molar refractivity (Wildman–Crippen MR) is 112 cm³/mol. The standard InChI is InChI=1S/C21H15Cl2N3O4/c1-2-12-3-5-14(6-4-12)26-20(28)15(19(27)25-21(26)29)9-13-10-16(22)18(17(23)11-13)30-8-7-24/h3-6,9-11H,2,8H2,1H3,(H,25,27,29)/b15-9-. The summed E-state index contributed by atoms with van der Waals surface area (Å²) in [5.74, 6) is -1.48. The molecule has 0 unspecified atom stereocenters. The third-order valence-electron chi connectivity index (χ3n) is 4.32. The van der Waals surface area contributed by atoms with Crippen molar-refractivity contribution in [2.75, 3.05) is 11.5 Å². The Hall–Kier alpha value is -3.34. The maximum absolute atomic E-state index is 12.9. The molecule has 152 valence electrons. The molecule has 1 saturated heterocycles. The molecule has 1 aliphatic rings. The molecule has 7 nitrogen and oxygen atoms in total. The zero-order valence-corrected chi connectivity index (χ0v) is 17.3. The van der Waals surface area contributed by atoms with E-state index in [1.807, 2.05) is 13.0 Å². The first-order chi connectivity index (χ1) is 14.3. The quantitative estimate of drug-likeness (QED) is 0.553. The number of nitriles is 1. The number of carbonyl (C=O) groups is 3. The number of benzene rings is 2. The van der Waals surface area contributed by atoms with Crippen LogP contribution in [0.4, 0.5) is 10.5 Å². The highest BCUT2D eigenvalue weighted by Crippen LogP contribution is 2.35. The molecule has 1 aliphatic heterocycles. The summed E-state index contributed by atoms with van der Waals surface area (Å²) in [5.41, 5.74) is 1.47. The second-order valence-electron chi connectivity index (χ2n) is 6.24. The number of carbonyl (C=O) groups excluding carboxylic acids is 3. The van der Waals surface area contributed by atoms with E-state index in [0.717, 1.165) is 16.9 Å². The molecule has 2 aromatic carbocycles. The number of halogens is 2. The van der Waals surface area contributed by atoms with E-state index in [4.69, 9.17) is 33.2 Å². The maximum Gasteiger partial charge on any atom is 0.335 e. The fourth-order valence-corrected chi connectivity index (χ4v) is 3.46. The van der Waals surface area contributed by atoms with Crippen LogP contribution in [-0.4, -0.2) is 24.5 Å². The lowest BCUT2D eigenvalue weighted by molar-refractivity contribution is -0.122. The van der Waals surface area contributed by atoms with Crippen LogP contribution >= 0.6 is 23.2 Å². The molecule has 3 rings (SSSR count). The first-order valence-electron chi connectivity index (χ1n) is 8.85. The van der Waals surface area contributed by atoms with Crippen LogP contribution in [0.1, 0.15) is 18.1 Å². The monoisotopic (exact) mass is 443 g/mol. The van der Waals surface area contributed by atoms with Crippen molar-refractivity contribution in [3.8, 4) is 11.8 Å². The van der Waals surface area contributed by atoms with E-state index in [2.05, 4.69) is 5.32 Å². The van der Waals surface area contributed by atoms with Gasteiger partial charge in [0.05, 0.1) is 15.7 Å². The van der Waals surface area contributed by atoms with Crippen molar-refractivity contribution in [3.05, 3.63) is 63.1 Å². The Kier molecular flexibility index (Phi) is 6.40. The van der Waals surface area contributed by atoms with Crippen molar-refractivity contribution in [2.45, 2.75) is 13.3 Å². The number of amides is 4. The number of nitrogens with zero attached hydrogens (tertiary/aromatic N) is 2. The average molecular weight is 444 g/mol. The number of imide groups is 2. The van der Waals surface area contributed by atoms with E-state index in [1.54, 1.807) is 24.3 Å². The third-order valence-corrected chi connectivity index (χ3v) is 4.88. The van der Waals surface area contributed by atoms with Gasteiger partial charge in [-0.3, -0.25) is 14.9 Å². The Morgan fingerprint density at radius 1 is 1.13 bits per heavy atom. The SMILES string of the molecule is CCc1ccc(N2C(=O)NC(=O)/C(=C/c3cc(Cl)c(OCC#N)c(Cl)c3)C2=O)cc1. The molecule has 0 radical (unpaired) electrons. The third kappa shape index (κ3) is 4.30. The first kappa shape index (κ1) is 21.4. The summed E-state index contributed by atoms with van der Waals surface area (Å²) >= 11 is 12.3. The van der Waals surface area contributed by atoms with Crippen LogP contribution in [0.3, 0.4) is 0 Å². The number of ether oxygens (including phenoxy) is 1. The highest BCUT2D eigenvalue weighted by Gasteiger charge is 2.36. The number of hydrogen-bond acceptors (Lipinski definition) is 5. The molecule has 0 spiro atoms. The average Bonchev–Trinajstić information content (AvgIpc) is 2.71. The van der Waals surface area contributed by atoms with Crippen molar-refractivity contribution >= 4 is 52.8 Å². The number of anilines is 1. The van der Waals surface area contributed by atoms with Crippen LogP contribution in [0.15, 0.2) is 42.0 Å². The molecule has 0 saturated carbocycles. The van der Waals surface area contributed by atoms with Gasteiger partial charge in [0.2, 0.25) is 0 Å². The molecule has 30 heavy (non-hydrogen) atoms. The van der Waals surface area contributed by atoms with Gasteiger partial charge >= 0.3 is 6.03 Å². The Balaban J connectivity index is 1.97. The summed E-state index contributed by atoms with van der Waals surface area (Å²) in [6.07, 6.45) is 2.09. The van der Waals surface area contributed by atoms with Crippen molar-refractivity contribution in [2.24, 2.45) is 0 Å². The van der Waals surface area contributed by atoms with E-state index in [9.17, 15) is 14.4 Å². The molecule has 0 atom stereocenters. The predicted octanol–water partition coefficient (Wildman–Crippen LogP) is 4.12. The number of aryl methyl sites for hydroxylation is 1. The van der Waals surface area contributed by atoms with E-state index in [0.29, 0.717) is 11.3 Å². The summed E-state index contributed by atoms with van der Waals surface area (Å²) in [6, 6.07) is 10.7. The van der Waals surface area contributed by atoms with Gasteiger partial charge in [-0.1, -0.05) is 42.3 Å². The fraction of sp³-hybridized carbons (Fsp3) is 0.143. The van der Waals surface area contributed by atoms with Crippen LogP contribution < -0.4 is 15.0 Å². The van der Waals surface area contributed by atoms with Gasteiger partial charge in [-0.25, -0.2) is 9.69 Å². The van der Waals surface area contributed by atoms with Crippen molar-refractivity contribution < 1.29 is 19.1 Å². The van der Waals surface area contributed by atoms with Gasteiger partial charge < -0.3 is 4.74 Å². The molecule has 0 bridgehead atoms. The van der Waals surface area contributed by atoms with Crippen LogP contribution in [0.2, 0.25) is 10.0 Å². The Bertz CT molecular complexity index is 1080. The van der Waals surface area contributed by atoms with Gasteiger partial charge in [0.25, 0.3) is 11.8 Å². The summed E-state index contributed by atoms with van der Waals surface area (Å²) in [6.45, 7) is 1.74. The van der Waals surface area contributed by atoms with E-state index >= 15 is 0 Å². The molecule has 2 aromatic rings. The van der Waals surface area contributed by atoms with Gasteiger partial charge in [0.1, 0.15) is 11.6 Å². The number of urea groups is 1. The van der Waals surface area contributed by atoms with Crippen LogP contribution in [-0.2, 0) is 16.0 Å². The van der Waals surface area contributed by atoms with Gasteiger partial charge in [-0.15, -0.1) is 0 Å². The molecule has 1 N–H and O–H groups in total. The lowest BCUT2D eigenvalue weighted by Gasteiger charge is -2.26. The van der Waals surface area contributed by atoms with Gasteiger partial charge in [-0.05, 0) is 47.9 Å². The topological polar surface area (TPSA) is 99.5 Å². The smallest absolute Gasteiger partial charge is 0.335 e. The lowest BCUT2D eigenvalue weighted by atomic mass is 10.1. The summed E-state index contributed by atoms with van der Waals surface area (Å²) in [5, 5.41) is 11.0. The minimum absolute atomic E-state index is 0.108. The summed E-state index contributed by atoms with van der Waals surface area (Å²) in [7, 11) is 0. The molecule has 1 heterocycles. The molecule has 0 aliphatic carbocycles. The maximum atomic E-state index is 12.9. The minimum Gasteiger partial charge on any atom is -0.476 e. The Morgan fingerprint density at radius 2 is 1.77 bits per heavy atom. The van der Waals surface area contributed by atoms with Gasteiger partial charge in [-0.2, -0.15) is 5.26 Å². The summed E-state index contributed by atoms with van der Waals surface area (Å²) < 4.78 is 5.17. The van der Waals surface area contributed by atoms with Crippen LogP contribution in [0.5, 0.6) is 5.75 Å². The van der Waals surface area contributed by atoms with Crippen molar-refractivity contribution in [3.63, 3.8) is 0 Å². The van der Waals surface area contributed by atoms with Gasteiger partial charge in [0, 0.05) is 0 Å². The number of barbiturate groups is 1. The fourth-order valence-electron chi connectivity index (χ4n) is 2.84. The zero-order chi connectivity index (χ0) is 21.8. The second kappa shape index (κ2) is 8.99. The van der Waals surface area contributed by atoms with Crippen molar-refractivity contribution in [1.29, 1.82) is 5.26 Å². The van der Waals surface area contributed by atoms with Gasteiger partial charge in [0.15, 0.2) is 12.4 Å². The highest BCUT2D eigenvalue weighted by molar-refractivity contribution is 6.40. The van der Waals surface area contributed by atoms with Crippen LogP contribution in [0, 0.1) is 11.3 Å². The number of nitrogens with one attached hydrogen (secondary N) is 1. The normalized spacial score (nSPS) is 15.2. The Labute approximate surface area is 182 Å². The first-order valence-corrected chi connectivity index (χ1v) is 9.60. The lowest BCUT2D eigenvalue weighted by Crippen LogP contribution is -2.54. The van der Waals surface area contributed by atoms with E-state index < -0.39 is 17.8 Å². The Morgan fingerprint density at radius 3 is 2.33 bits per heavy atom. The minimum atomic E-state index is -0.831. The highest BCUT2D eigenvalue weighted by atomic mass is 35.5. The molecular formula is C21H15Cl2N3O4. The molecule has 1 fully saturated rings. The number of rotatable bonds is 5. The van der Waals surface area contributed by atoms with E-state index in [1.165, 1.54) is 18.2 Å². The zero-order valence-electron chi connectivity index (χ0n) is 15.7. The second-order valence-corrected chi connectivity index (χ2v) is 7.05. The molecule has 4 amide bonds. The number of hydrogen-bond donors (Lipinski definition) is 1. The van der Waals surface area contributed by atoms with Crippen molar-refractivity contribution in [1.82, 2.24) is 5.32 Å².